The molecule has 0 saturated carbocycles. The zero-order valence-corrected chi connectivity index (χ0v) is 8.32. The lowest BCUT2D eigenvalue weighted by atomic mass is 10.2. The van der Waals surface area contributed by atoms with Crippen LogP contribution < -0.4 is 16.2 Å². The number of hydrogen-bond donors (Lipinski definition) is 2. The van der Waals surface area contributed by atoms with Gasteiger partial charge in [0.25, 0.3) is 0 Å². The number of ether oxygens (including phenoxy) is 1. The third-order valence-corrected chi connectivity index (χ3v) is 1.72. The third kappa shape index (κ3) is 2.98. The van der Waals surface area contributed by atoms with E-state index in [4.69, 9.17) is 16.2 Å². The van der Waals surface area contributed by atoms with Crippen molar-refractivity contribution in [3.8, 4) is 5.75 Å². The Balaban J connectivity index is 2.77. The van der Waals surface area contributed by atoms with Crippen LogP contribution in [0.1, 0.15) is 13.3 Å². The molecule has 15 heavy (non-hydrogen) atoms. The van der Waals surface area contributed by atoms with E-state index in [1.165, 1.54) is 13.0 Å². The highest BCUT2D eigenvalue weighted by Gasteiger charge is 2.10. The number of carbonyl (C=O) groups is 2. The standard InChI is InChI=1S/C10H12N2O3/c1-6(13)5-9(14)15-8-4-2-3-7(11)10(8)12/h2-4H,5,11-12H2,1H3. The van der Waals surface area contributed by atoms with E-state index in [-0.39, 0.29) is 23.6 Å². The lowest BCUT2D eigenvalue weighted by Crippen LogP contribution is -2.13. The first-order chi connectivity index (χ1) is 7.00. The van der Waals surface area contributed by atoms with Crippen molar-refractivity contribution < 1.29 is 14.3 Å². The Morgan fingerprint density at radius 1 is 1.33 bits per heavy atom. The van der Waals surface area contributed by atoms with Crippen molar-refractivity contribution in [3.05, 3.63) is 18.2 Å². The maximum absolute atomic E-state index is 11.1. The molecule has 80 valence electrons. The number of ketones is 1. The minimum absolute atomic E-state index is 0.182. The van der Waals surface area contributed by atoms with E-state index in [9.17, 15) is 9.59 Å². The van der Waals surface area contributed by atoms with Gasteiger partial charge < -0.3 is 16.2 Å². The lowest BCUT2D eigenvalue weighted by Gasteiger charge is -2.07. The number of nitrogen functional groups attached to an aromatic ring is 2. The molecule has 0 bridgehead atoms. The van der Waals surface area contributed by atoms with Crippen molar-refractivity contribution in [2.24, 2.45) is 0 Å². The molecule has 0 aliphatic heterocycles. The van der Waals surface area contributed by atoms with Crippen LogP contribution in [0.25, 0.3) is 0 Å². The molecular formula is C10H12N2O3. The minimum atomic E-state index is -0.639. The molecule has 0 atom stereocenters. The van der Waals surface area contributed by atoms with Gasteiger partial charge in [-0.25, -0.2) is 0 Å². The number of nitrogens with two attached hydrogens (primary N) is 2. The highest BCUT2D eigenvalue weighted by molar-refractivity contribution is 5.95. The molecule has 1 aromatic rings. The normalized spacial score (nSPS) is 9.67. The molecule has 0 aliphatic rings. The maximum Gasteiger partial charge on any atom is 0.318 e. The molecule has 4 N–H and O–H groups in total. The Morgan fingerprint density at radius 3 is 2.60 bits per heavy atom. The molecule has 0 saturated heterocycles. The van der Waals surface area contributed by atoms with Crippen molar-refractivity contribution in [1.29, 1.82) is 0 Å². The summed E-state index contributed by atoms with van der Waals surface area (Å²) >= 11 is 0. The van der Waals surface area contributed by atoms with Gasteiger partial charge in [0.15, 0.2) is 5.75 Å². The average molecular weight is 208 g/mol. The summed E-state index contributed by atoms with van der Waals surface area (Å²) in [5, 5.41) is 0. The van der Waals surface area contributed by atoms with Gasteiger partial charge in [-0.1, -0.05) is 6.07 Å². The molecule has 0 amide bonds. The van der Waals surface area contributed by atoms with Crippen LogP contribution in [0.5, 0.6) is 5.75 Å². The van der Waals surface area contributed by atoms with E-state index in [0.717, 1.165) is 0 Å². The minimum Gasteiger partial charge on any atom is -0.424 e. The molecular weight excluding hydrogens is 196 g/mol. The quantitative estimate of drug-likeness (QED) is 0.330. The first-order valence-corrected chi connectivity index (χ1v) is 4.34. The van der Waals surface area contributed by atoms with Gasteiger partial charge >= 0.3 is 5.97 Å². The number of para-hydroxylation sites is 1. The smallest absolute Gasteiger partial charge is 0.318 e. The summed E-state index contributed by atoms with van der Waals surface area (Å²) in [5.41, 5.74) is 11.6. The van der Waals surface area contributed by atoms with Crippen LogP contribution in [0.15, 0.2) is 18.2 Å². The molecule has 0 unspecified atom stereocenters. The van der Waals surface area contributed by atoms with E-state index >= 15 is 0 Å². The van der Waals surface area contributed by atoms with Crippen LogP contribution in [0, 0.1) is 0 Å². The molecule has 1 rings (SSSR count). The second-order valence-electron chi connectivity index (χ2n) is 3.11. The van der Waals surface area contributed by atoms with Crippen molar-refractivity contribution >= 4 is 23.1 Å². The first-order valence-electron chi connectivity index (χ1n) is 4.34. The summed E-state index contributed by atoms with van der Waals surface area (Å²) in [7, 11) is 0. The van der Waals surface area contributed by atoms with Crippen LogP contribution in [-0.2, 0) is 9.59 Å². The number of hydrogen-bond acceptors (Lipinski definition) is 5. The fourth-order valence-corrected chi connectivity index (χ4v) is 1.01. The second kappa shape index (κ2) is 4.45. The van der Waals surface area contributed by atoms with Gasteiger partial charge in [-0.2, -0.15) is 0 Å². The molecule has 5 heteroatoms. The van der Waals surface area contributed by atoms with Crippen LogP contribution in [0.3, 0.4) is 0 Å². The molecule has 5 nitrogen and oxygen atoms in total. The van der Waals surface area contributed by atoms with E-state index in [1.54, 1.807) is 12.1 Å². The number of Topliss-reactive ketones (excluding diaryl/α,β-unsaturated/α-hetero) is 1. The summed E-state index contributed by atoms with van der Waals surface area (Å²) in [5.74, 6) is -0.719. The lowest BCUT2D eigenvalue weighted by molar-refractivity contribution is -0.137. The molecule has 0 aromatic heterocycles. The number of rotatable bonds is 3. The number of anilines is 2. The highest BCUT2D eigenvalue weighted by atomic mass is 16.5. The number of esters is 1. The van der Waals surface area contributed by atoms with Crippen LogP contribution in [-0.4, -0.2) is 11.8 Å². The van der Waals surface area contributed by atoms with Gasteiger partial charge in [0.2, 0.25) is 0 Å². The van der Waals surface area contributed by atoms with E-state index in [1.807, 2.05) is 0 Å². The zero-order valence-electron chi connectivity index (χ0n) is 8.32. The highest BCUT2D eigenvalue weighted by Crippen LogP contribution is 2.26. The number of carbonyl (C=O) groups excluding carboxylic acids is 2. The molecule has 0 spiro atoms. The summed E-state index contributed by atoms with van der Waals surface area (Å²) in [4.78, 5) is 21.8. The summed E-state index contributed by atoms with van der Waals surface area (Å²) in [6.45, 7) is 1.31. The predicted molar refractivity (Wildman–Crippen MR) is 56.2 cm³/mol. The SMILES string of the molecule is CC(=O)CC(=O)Oc1cccc(N)c1N. The summed E-state index contributed by atoms with van der Waals surface area (Å²) in [6, 6.07) is 4.73. The van der Waals surface area contributed by atoms with E-state index in [0.29, 0.717) is 5.69 Å². The van der Waals surface area contributed by atoms with E-state index in [2.05, 4.69) is 0 Å². The van der Waals surface area contributed by atoms with Gasteiger partial charge in [-0.3, -0.25) is 9.59 Å². The monoisotopic (exact) mass is 208 g/mol. The predicted octanol–water partition coefficient (Wildman–Crippen LogP) is 0.736. The fraction of sp³-hybridized carbons (Fsp3) is 0.200. The van der Waals surface area contributed by atoms with Crippen LogP contribution in [0.2, 0.25) is 0 Å². The Labute approximate surface area is 87.0 Å². The van der Waals surface area contributed by atoms with Crippen molar-refractivity contribution in [1.82, 2.24) is 0 Å². The third-order valence-electron chi connectivity index (χ3n) is 1.72. The molecule has 0 radical (unpaired) electrons. The van der Waals surface area contributed by atoms with E-state index < -0.39 is 5.97 Å². The van der Waals surface area contributed by atoms with Crippen LogP contribution in [0.4, 0.5) is 11.4 Å². The van der Waals surface area contributed by atoms with Gasteiger partial charge in [-0.05, 0) is 19.1 Å². The summed E-state index contributed by atoms with van der Waals surface area (Å²) in [6.07, 6.45) is -0.270. The van der Waals surface area contributed by atoms with Gasteiger partial charge in [0.05, 0.1) is 11.4 Å². The largest absolute Gasteiger partial charge is 0.424 e. The van der Waals surface area contributed by atoms with Gasteiger partial charge in [-0.15, -0.1) is 0 Å². The van der Waals surface area contributed by atoms with Crippen LogP contribution >= 0.6 is 0 Å². The van der Waals surface area contributed by atoms with Crippen molar-refractivity contribution in [2.45, 2.75) is 13.3 Å². The molecule has 0 aliphatic carbocycles. The Kier molecular flexibility index (Phi) is 3.28. The number of benzene rings is 1. The fourth-order valence-electron chi connectivity index (χ4n) is 1.01. The van der Waals surface area contributed by atoms with Crippen molar-refractivity contribution in [2.75, 3.05) is 11.5 Å². The molecule has 0 heterocycles. The zero-order chi connectivity index (χ0) is 11.4. The maximum atomic E-state index is 11.1. The topological polar surface area (TPSA) is 95.4 Å². The molecule has 0 fully saturated rings. The second-order valence-corrected chi connectivity index (χ2v) is 3.11. The summed E-state index contributed by atoms with van der Waals surface area (Å²) < 4.78 is 4.87. The Morgan fingerprint density at radius 2 is 2.00 bits per heavy atom. The van der Waals surface area contributed by atoms with Crippen molar-refractivity contribution in [3.63, 3.8) is 0 Å². The Hall–Kier alpha value is -2.04. The first kappa shape index (κ1) is 11.0. The van der Waals surface area contributed by atoms with Gasteiger partial charge in [0, 0.05) is 0 Å². The average Bonchev–Trinajstić information content (AvgIpc) is 2.11. The molecule has 1 aromatic carbocycles. The Bertz CT molecular complexity index is 402. The van der Waals surface area contributed by atoms with Gasteiger partial charge in [0.1, 0.15) is 12.2 Å².